The molecular weight excluding hydrogens is 176 g/mol. The zero-order valence-electron chi connectivity index (χ0n) is 8.14. The average Bonchev–Trinajstić information content (AvgIpc) is 3.04. The van der Waals surface area contributed by atoms with Crippen molar-refractivity contribution in [2.24, 2.45) is 0 Å². The highest BCUT2D eigenvalue weighted by Crippen LogP contribution is 2.29. The molecule has 0 aromatic carbocycles. The predicted molar refractivity (Wildman–Crippen MR) is 52.8 cm³/mol. The molecular formula is C10H12N4. The maximum atomic E-state index is 8.71. The van der Waals surface area contributed by atoms with Crippen molar-refractivity contribution in [2.45, 2.75) is 25.8 Å². The van der Waals surface area contributed by atoms with Crippen molar-refractivity contribution in [1.82, 2.24) is 9.97 Å². The van der Waals surface area contributed by atoms with E-state index in [2.05, 4.69) is 21.8 Å². The molecule has 0 radical (unpaired) electrons. The Morgan fingerprint density at radius 3 is 2.93 bits per heavy atom. The minimum atomic E-state index is 0.439. The van der Waals surface area contributed by atoms with Crippen LogP contribution in [-0.4, -0.2) is 22.6 Å². The van der Waals surface area contributed by atoms with E-state index < -0.39 is 0 Å². The molecule has 0 bridgehead atoms. The average molecular weight is 188 g/mol. The number of nitrogens with zero attached hydrogens (tertiary/aromatic N) is 4. The Balaban J connectivity index is 2.25. The Kier molecular flexibility index (Phi) is 2.32. The van der Waals surface area contributed by atoms with Gasteiger partial charge < -0.3 is 4.90 Å². The van der Waals surface area contributed by atoms with Gasteiger partial charge in [0.1, 0.15) is 23.9 Å². The van der Waals surface area contributed by atoms with Gasteiger partial charge in [-0.2, -0.15) is 5.26 Å². The van der Waals surface area contributed by atoms with Gasteiger partial charge in [0, 0.05) is 18.7 Å². The fourth-order valence-electron chi connectivity index (χ4n) is 1.56. The number of anilines is 1. The molecule has 14 heavy (non-hydrogen) atoms. The van der Waals surface area contributed by atoms with Crippen LogP contribution in [0, 0.1) is 11.3 Å². The molecule has 0 saturated heterocycles. The second kappa shape index (κ2) is 3.62. The topological polar surface area (TPSA) is 52.8 Å². The van der Waals surface area contributed by atoms with Crippen LogP contribution in [0.5, 0.6) is 0 Å². The summed E-state index contributed by atoms with van der Waals surface area (Å²) in [7, 11) is 0. The Morgan fingerprint density at radius 2 is 2.36 bits per heavy atom. The summed E-state index contributed by atoms with van der Waals surface area (Å²) in [6.07, 6.45) is 3.93. The SMILES string of the molecule is CCN(c1cc(C#N)ncn1)C1CC1. The molecule has 0 atom stereocenters. The number of nitriles is 1. The van der Waals surface area contributed by atoms with Gasteiger partial charge in [0.2, 0.25) is 0 Å². The van der Waals surface area contributed by atoms with Gasteiger partial charge in [-0.05, 0) is 19.8 Å². The fourth-order valence-corrected chi connectivity index (χ4v) is 1.56. The molecule has 1 heterocycles. The monoisotopic (exact) mass is 188 g/mol. The van der Waals surface area contributed by atoms with Crippen LogP contribution in [0.2, 0.25) is 0 Å². The molecule has 1 aromatic rings. The van der Waals surface area contributed by atoms with Gasteiger partial charge in [0.05, 0.1) is 0 Å². The van der Waals surface area contributed by atoms with Crippen LogP contribution in [0.4, 0.5) is 5.82 Å². The third kappa shape index (κ3) is 1.67. The van der Waals surface area contributed by atoms with Gasteiger partial charge in [0.15, 0.2) is 0 Å². The van der Waals surface area contributed by atoms with E-state index in [4.69, 9.17) is 5.26 Å². The molecule has 1 fully saturated rings. The van der Waals surface area contributed by atoms with Gasteiger partial charge in [-0.3, -0.25) is 0 Å². The van der Waals surface area contributed by atoms with E-state index in [9.17, 15) is 0 Å². The summed E-state index contributed by atoms with van der Waals surface area (Å²) in [4.78, 5) is 10.3. The lowest BCUT2D eigenvalue weighted by molar-refractivity contribution is 0.804. The molecule has 4 nitrogen and oxygen atoms in total. The lowest BCUT2D eigenvalue weighted by atomic mass is 10.3. The first kappa shape index (κ1) is 8.95. The summed E-state index contributed by atoms with van der Waals surface area (Å²) in [5, 5.41) is 8.71. The lowest BCUT2D eigenvalue weighted by Gasteiger charge is -2.20. The molecule has 72 valence electrons. The van der Waals surface area contributed by atoms with E-state index in [1.54, 1.807) is 6.07 Å². The van der Waals surface area contributed by atoms with E-state index >= 15 is 0 Å². The molecule has 0 aliphatic heterocycles. The second-order valence-corrected chi connectivity index (χ2v) is 3.39. The lowest BCUT2D eigenvalue weighted by Crippen LogP contribution is -2.26. The highest BCUT2D eigenvalue weighted by atomic mass is 15.2. The highest BCUT2D eigenvalue weighted by molar-refractivity contribution is 5.44. The first-order chi connectivity index (χ1) is 6.85. The summed E-state index contributed by atoms with van der Waals surface area (Å²) in [6, 6.07) is 4.41. The minimum absolute atomic E-state index is 0.439. The summed E-state index contributed by atoms with van der Waals surface area (Å²) >= 11 is 0. The van der Waals surface area contributed by atoms with Crippen molar-refractivity contribution in [3.63, 3.8) is 0 Å². The van der Waals surface area contributed by atoms with Crippen molar-refractivity contribution in [3.8, 4) is 6.07 Å². The molecule has 0 N–H and O–H groups in total. The quantitative estimate of drug-likeness (QED) is 0.718. The van der Waals surface area contributed by atoms with Crippen LogP contribution in [0.25, 0.3) is 0 Å². The van der Waals surface area contributed by atoms with Gasteiger partial charge in [-0.25, -0.2) is 9.97 Å². The normalized spacial score (nSPS) is 14.9. The summed E-state index contributed by atoms with van der Waals surface area (Å²) in [5.74, 6) is 0.876. The van der Waals surface area contributed by atoms with E-state index in [0.717, 1.165) is 12.4 Å². The summed E-state index contributed by atoms with van der Waals surface area (Å²) < 4.78 is 0. The molecule has 0 spiro atoms. The molecule has 0 amide bonds. The maximum absolute atomic E-state index is 8.71. The van der Waals surface area contributed by atoms with Crippen LogP contribution < -0.4 is 4.90 Å². The first-order valence-electron chi connectivity index (χ1n) is 4.84. The smallest absolute Gasteiger partial charge is 0.145 e. The van der Waals surface area contributed by atoms with Crippen LogP contribution in [-0.2, 0) is 0 Å². The second-order valence-electron chi connectivity index (χ2n) is 3.39. The Morgan fingerprint density at radius 1 is 1.57 bits per heavy atom. The van der Waals surface area contributed by atoms with E-state index in [0.29, 0.717) is 11.7 Å². The number of rotatable bonds is 3. The van der Waals surface area contributed by atoms with Crippen molar-refractivity contribution in [2.75, 3.05) is 11.4 Å². The van der Waals surface area contributed by atoms with E-state index in [1.807, 2.05) is 6.07 Å². The highest BCUT2D eigenvalue weighted by Gasteiger charge is 2.28. The van der Waals surface area contributed by atoms with Crippen molar-refractivity contribution >= 4 is 5.82 Å². The first-order valence-corrected chi connectivity index (χ1v) is 4.84. The van der Waals surface area contributed by atoms with Crippen LogP contribution in [0.3, 0.4) is 0 Å². The van der Waals surface area contributed by atoms with Crippen molar-refractivity contribution in [1.29, 1.82) is 5.26 Å². The Labute approximate surface area is 83.2 Å². The van der Waals surface area contributed by atoms with Gasteiger partial charge >= 0.3 is 0 Å². The Hall–Kier alpha value is -1.63. The molecule has 2 rings (SSSR count). The van der Waals surface area contributed by atoms with Gasteiger partial charge in [0.25, 0.3) is 0 Å². The zero-order chi connectivity index (χ0) is 9.97. The van der Waals surface area contributed by atoms with E-state index in [1.165, 1.54) is 19.2 Å². The fraction of sp³-hybridized carbons (Fsp3) is 0.500. The number of hydrogen-bond acceptors (Lipinski definition) is 4. The zero-order valence-corrected chi connectivity index (χ0v) is 8.14. The number of aromatic nitrogens is 2. The maximum Gasteiger partial charge on any atom is 0.145 e. The molecule has 4 heteroatoms. The number of hydrogen-bond donors (Lipinski definition) is 0. The van der Waals surface area contributed by atoms with Crippen LogP contribution >= 0.6 is 0 Å². The summed E-state index contributed by atoms with van der Waals surface area (Å²) in [6.45, 7) is 3.04. The molecule has 1 aliphatic carbocycles. The molecule has 1 saturated carbocycles. The van der Waals surface area contributed by atoms with Gasteiger partial charge in [-0.1, -0.05) is 0 Å². The predicted octanol–water partition coefficient (Wildman–Crippen LogP) is 1.34. The van der Waals surface area contributed by atoms with Crippen molar-refractivity contribution < 1.29 is 0 Å². The summed E-state index contributed by atoms with van der Waals surface area (Å²) in [5.41, 5.74) is 0.439. The van der Waals surface area contributed by atoms with Gasteiger partial charge in [-0.15, -0.1) is 0 Å². The molecule has 1 aromatic heterocycles. The Bertz CT molecular complexity index is 365. The third-order valence-corrected chi connectivity index (χ3v) is 2.39. The van der Waals surface area contributed by atoms with Crippen molar-refractivity contribution in [3.05, 3.63) is 18.1 Å². The minimum Gasteiger partial charge on any atom is -0.354 e. The third-order valence-electron chi connectivity index (χ3n) is 2.39. The molecule has 1 aliphatic rings. The van der Waals surface area contributed by atoms with E-state index in [-0.39, 0.29) is 0 Å². The standard InChI is InChI=1S/C10H12N4/c1-2-14(9-3-4-9)10-5-8(6-11)12-7-13-10/h5,7,9H,2-4H2,1H3. The molecule has 0 unspecified atom stereocenters. The largest absolute Gasteiger partial charge is 0.354 e. The van der Waals surface area contributed by atoms with Crippen LogP contribution in [0.1, 0.15) is 25.5 Å². The van der Waals surface area contributed by atoms with Crippen LogP contribution in [0.15, 0.2) is 12.4 Å².